The van der Waals surface area contributed by atoms with Crippen LogP contribution in [0.15, 0.2) is 33.4 Å². The van der Waals surface area contributed by atoms with E-state index in [0.29, 0.717) is 10.2 Å². The Kier molecular flexibility index (Phi) is 4.83. The Morgan fingerprint density at radius 3 is 2.70 bits per heavy atom. The summed E-state index contributed by atoms with van der Waals surface area (Å²) in [5.74, 6) is 1.00. The van der Waals surface area contributed by atoms with Crippen molar-refractivity contribution in [3.63, 3.8) is 0 Å². The summed E-state index contributed by atoms with van der Waals surface area (Å²) in [4.78, 5) is 0. The monoisotopic (exact) mass is 341 g/mol. The third kappa shape index (κ3) is 2.88. The van der Waals surface area contributed by atoms with Crippen LogP contribution in [0, 0.1) is 12.7 Å². The Bertz CT molecular complexity index is 598. The molecule has 1 aromatic heterocycles. The molecule has 0 aliphatic carbocycles. The van der Waals surface area contributed by atoms with Gasteiger partial charge in [-0.3, -0.25) is 0 Å². The maximum atomic E-state index is 13.7. The zero-order valence-corrected chi connectivity index (χ0v) is 13.3. The van der Waals surface area contributed by atoms with Crippen LogP contribution >= 0.6 is 15.9 Å². The summed E-state index contributed by atoms with van der Waals surface area (Å²) >= 11 is 3.23. The first-order chi connectivity index (χ1) is 9.58. The second-order valence-electron chi connectivity index (χ2n) is 4.43. The van der Waals surface area contributed by atoms with E-state index in [1.807, 2.05) is 19.9 Å². The molecule has 0 saturated heterocycles. The van der Waals surface area contributed by atoms with Gasteiger partial charge < -0.3 is 14.5 Å². The highest BCUT2D eigenvalue weighted by Crippen LogP contribution is 2.35. The minimum Gasteiger partial charge on any atom is -0.496 e. The van der Waals surface area contributed by atoms with E-state index in [1.165, 1.54) is 13.2 Å². The number of methoxy groups -OCH3 is 1. The predicted octanol–water partition coefficient (Wildman–Crippen LogP) is 4.20. The molecule has 3 nitrogen and oxygen atoms in total. The molecule has 0 radical (unpaired) electrons. The van der Waals surface area contributed by atoms with Gasteiger partial charge >= 0.3 is 0 Å². The molecule has 108 valence electrons. The topological polar surface area (TPSA) is 34.4 Å². The van der Waals surface area contributed by atoms with Gasteiger partial charge in [-0.05, 0) is 41.5 Å². The fraction of sp³-hybridized carbons (Fsp3) is 0.333. The number of benzene rings is 1. The van der Waals surface area contributed by atoms with Crippen molar-refractivity contribution in [1.82, 2.24) is 5.32 Å². The molecule has 2 aromatic rings. The van der Waals surface area contributed by atoms with Crippen LogP contribution in [-0.2, 0) is 0 Å². The molecule has 0 bridgehead atoms. The van der Waals surface area contributed by atoms with Crippen molar-refractivity contribution >= 4 is 15.9 Å². The Hall–Kier alpha value is -1.33. The maximum absolute atomic E-state index is 13.7. The third-order valence-corrected chi connectivity index (χ3v) is 3.81. The van der Waals surface area contributed by atoms with E-state index in [2.05, 4.69) is 21.2 Å². The molecule has 1 heterocycles. The molecule has 0 fully saturated rings. The first-order valence-corrected chi connectivity index (χ1v) is 7.18. The van der Waals surface area contributed by atoms with Crippen molar-refractivity contribution in [2.45, 2.75) is 19.9 Å². The Morgan fingerprint density at radius 1 is 1.40 bits per heavy atom. The molecule has 1 unspecified atom stereocenters. The number of nitrogens with one attached hydrogen (secondary N) is 1. The Labute approximate surface area is 126 Å². The van der Waals surface area contributed by atoms with Crippen LogP contribution in [0.5, 0.6) is 5.75 Å². The van der Waals surface area contributed by atoms with Crippen LogP contribution in [0.4, 0.5) is 4.39 Å². The Morgan fingerprint density at radius 2 is 2.15 bits per heavy atom. The summed E-state index contributed by atoms with van der Waals surface area (Å²) < 4.78 is 24.8. The molecule has 0 saturated carbocycles. The molecule has 0 spiro atoms. The van der Waals surface area contributed by atoms with Crippen molar-refractivity contribution in [2.75, 3.05) is 13.7 Å². The van der Waals surface area contributed by atoms with Gasteiger partial charge in [-0.25, -0.2) is 4.39 Å². The van der Waals surface area contributed by atoms with Crippen molar-refractivity contribution in [2.24, 2.45) is 0 Å². The zero-order valence-electron chi connectivity index (χ0n) is 11.7. The van der Waals surface area contributed by atoms with E-state index in [9.17, 15) is 4.39 Å². The first kappa shape index (κ1) is 15.1. The largest absolute Gasteiger partial charge is 0.496 e. The molecular weight excluding hydrogens is 325 g/mol. The number of hydrogen-bond acceptors (Lipinski definition) is 3. The van der Waals surface area contributed by atoms with Gasteiger partial charge in [0.1, 0.15) is 17.3 Å². The summed E-state index contributed by atoms with van der Waals surface area (Å²) in [6.45, 7) is 4.70. The van der Waals surface area contributed by atoms with Crippen LogP contribution in [0.3, 0.4) is 0 Å². The number of furan rings is 1. The molecule has 2 rings (SSSR count). The highest BCUT2D eigenvalue weighted by Gasteiger charge is 2.22. The SMILES string of the molecule is CCNC(c1cc(Br)c(F)cc1OC)c1ccoc1C. The van der Waals surface area contributed by atoms with Crippen molar-refractivity contribution < 1.29 is 13.5 Å². The highest BCUT2D eigenvalue weighted by atomic mass is 79.9. The molecule has 1 atom stereocenters. The summed E-state index contributed by atoms with van der Waals surface area (Å²) in [7, 11) is 1.54. The molecule has 0 amide bonds. The molecule has 1 aromatic carbocycles. The standard InChI is InChI=1S/C15H17BrFNO2/c1-4-18-15(10-5-6-20-9(10)2)11-7-12(16)13(17)8-14(11)19-3/h5-8,15,18H,4H2,1-3H3. The fourth-order valence-electron chi connectivity index (χ4n) is 2.23. The quantitative estimate of drug-likeness (QED) is 0.885. The molecule has 1 N–H and O–H groups in total. The second-order valence-corrected chi connectivity index (χ2v) is 5.29. The zero-order chi connectivity index (χ0) is 14.7. The second kappa shape index (κ2) is 6.41. The van der Waals surface area contributed by atoms with Crippen LogP contribution in [-0.4, -0.2) is 13.7 Å². The van der Waals surface area contributed by atoms with E-state index in [-0.39, 0.29) is 11.9 Å². The van der Waals surface area contributed by atoms with Gasteiger partial charge in [0.2, 0.25) is 0 Å². The molecule has 20 heavy (non-hydrogen) atoms. The molecule has 0 aliphatic rings. The normalized spacial score (nSPS) is 12.4. The lowest BCUT2D eigenvalue weighted by atomic mass is 9.98. The van der Waals surface area contributed by atoms with Gasteiger partial charge in [0.25, 0.3) is 0 Å². The fourth-order valence-corrected chi connectivity index (χ4v) is 2.59. The number of rotatable bonds is 5. The average Bonchev–Trinajstić information content (AvgIpc) is 2.85. The van der Waals surface area contributed by atoms with Gasteiger partial charge in [-0.2, -0.15) is 0 Å². The average molecular weight is 342 g/mol. The maximum Gasteiger partial charge on any atom is 0.141 e. The van der Waals surface area contributed by atoms with E-state index >= 15 is 0 Å². The number of halogens is 2. The van der Waals surface area contributed by atoms with Crippen molar-refractivity contribution in [1.29, 1.82) is 0 Å². The minimum absolute atomic E-state index is 0.106. The lowest BCUT2D eigenvalue weighted by Crippen LogP contribution is -2.23. The molecular formula is C15H17BrFNO2. The lowest BCUT2D eigenvalue weighted by Gasteiger charge is -2.21. The number of aryl methyl sites for hydroxylation is 1. The first-order valence-electron chi connectivity index (χ1n) is 6.38. The van der Waals surface area contributed by atoms with E-state index in [0.717, 1.165) is 23.4 Å². The van der Waals surface area contributed by atoms with Gasteiger partial charge in [-0.15, -0.1) is 0 Å². The van der Waals surface area contributed by atoms with Crippen LogP contribution in [0.25, 0.3) is 0 Å². The lowest BCUT2D eigenvalue weighted by molar-refractivity contribution is 0.400. The predicted molar refractivity (Wildman–Crippen MR) is 79.6 cm³/mol. The van der Waals surface area contributed by atoms with E-state index in [4.69, 9.17) is 9.15 Å². The summed E-state index contributed by atoms with van der Waals surface area (Å²) in [6, 6.07) is 4.94. The highest BCUT2D eigenvalue weighted by molar-refractivity contribution is 9.10. The van der Waals surface area contributed by atoms with Crippen molar-refractivity contribution in [3.8, 4) is 5.75 Å². The van der Waals surface area contributed by atoms with E-state index < -0.39 is 0 Å². The van der Waals surface area contributed by atoms with Crippen LogP contribution in [0.2, 0.25) is 0 Å². The number of hydrogen-bond donors (Lipinski definition) is 1. The van der Waals surface area contributed by atoms with E-state index in [1.54, 1.807) is 12.3 Å². The molecule has 0 aliphatic heterocycles. The van der Waals surface area contributed by atoms with Crippen molar-refractivity contribution in [3.05, 3.63) is 51.6 Å². The van der Waals surface area contributed by atoms with Gasteiger partial charge in [0.05, 0.1) is 23.9 Å². The third-order valence-electron chi connectivity index (χ3n) is 3.20. The molecule has 5 heteroatoms. The summed E-state index contributed by atoms with van der Waals surface area (Å²) in [5.41, 5.74) is 1.88. The minimum atomic E-state index is -0.343. The smallest absolute Gasteiger partial charge is 0.141 e. The van der Waals surface area contributed by atoms with Crippen LogP contribution in [0.1, 0.15) is 29.9 Å². The van der Waals surface area contributed by atoms with Gasteiger partial charge in [0, 0.05) is 17.2 Å². The number of ether oxygens (including phenoxy) is 1. The van der Waals surface area contributed by atoms with Crippen LogP contribution < -0.4 is 10.1 Å². The van der Waals surface area contributed by atoms with Gasteiger partial charge in [0.15, 0.2) is 0 Å². The Balaban J connectivity index is 2.55. The van der Waals surface area contributed by atoms with Gasteiger partial charge in [-0.1, -0.05) is 6.92 Å². The summed E-state index contributed by atoms with van der Waals surface area (Å²) in [5, 5.41) is 3.38. The summed E-state index contributed by atoms with van der Waals surface area (Å²) in [6.07, 6.45) is 1.65.